The summed E-state index contributed by atoms with van der Waals surface area (Å²) < 4.78 is 6.77. The van der Waals surface area contributed by atoms with E-state index in [0.29, 0.717) is 0 Å². The summed E-state index contributed by atoms with van der Waals surface area (Å²) in [6, 6.07) is 8.00. The third-order valence-electron chi connectivity index (χ3n) is 3.86. The fourth-order valence-corrected chi connectivity index (χ4v) is 2.61. The molecule has 0 aliphatic carbocycles. The highest BCUT2D eigenvalue weighted by Crippen LogP contribution is 2.23. The Morgan fingerprint density at radius 2 is 1.92 bits per heavy atom. The lowest BCUT2D eigenvalue weighted by Gasteiger charge is -2.02. The molecule has 0 unspecified atom stereocenters. The zero-order valence-electron chi connectivity index (χ0n) is 14.7. The molecule has 0 atom stereocenters. The number of Topliss-reactive ketones (excluding diaryl/α,β-unsaturated/α-hetero) is 1. The maximum atomic E-state index is 11.9. The first-order valence-corrected chi connectivity index (χ1v) is 8.55. The van der Waals surface area contributed by atoms with Crippen molar-refractivity contribution in [3.8, 4) is 0 Å². The average Bonchev–Trinajstić information content (AvgIpc) is 2.96. The number of aromatic nitrogens is 1. The van der Waals surface area contributed by atoms with Gasteiger partial charge in [-0.1, -0.05) is 31.5 Å². The Labute approximate surface area is 147 Å². The molecule has 0 aliphatic heterocycles. The molecule has 2 rings (SSSR count). The second kappa shape index (κ2) is 8.97. The summed E-state index contributed by atoms with van der Waals surface area (Å²) in [6.45, 7) is 4.79. The van der Waals surface area contributed by atoms with Crippen molar-refractivity contribution in [3.63, 3.8) is 0 Å². The number of allylic oxidation sites excluding steroid dienone is 1. The molecule has 5 nitrogen and oxygen atoms in total. The molecule has 0 N–H and O–H groups in total. The number of hydrogen-bond donors (Lipinski definition) is 0. The maximum absolute atomic E-state index is 11.9. The largest absolute Gasteiger partial charge is 0.460 e. The zero-order chi connectivity index (χ0) is 18.2. The van der Waals surface area contributed by atoms with Crippen LogP contribution in [0, 0.1) is 0 Å². The number of esters is 1. The predicted molar refractivity (Wildman–Crippen MR) is 97.1 cm³/mol. The van der Waals surface area contributed by atoms with Gasteiger partial charge in [-0.25, -0.2) is 4.79 Å². The van der Waals surface area contributed by atoms with Crippen molar-refractivity contribution in [1.82, 2.24) is 4.57 Å². The summed E-state index contributed by atoms with van der Waals surface area (Å²) in [7, 11) is 0. The van der Waals surface area contributed by atoms with Crippen LogP contribution in [0.2, 0.25) is 0 Å². The van der Waals surface area contributed by atoms with Crippen LogP contribution in [0.15, 0.2) is 36.5 Å². The van der Waals surface area contributed by atoms with Crippen molar-refractivity contribution >= 4 is 34.5 Å². The van der Waals surface area contributed by atoms with E-state index in [-0.39, 0.29) is 6.61 Å². The molecule has 1 aromatic carbocycles. The van der Waals surface area contributed by atoms with Gasteiger partial charge >= 0.3 is 5.97 Å². The van der Waals surface area contributed by atoms with Gasteiger partial charge in [-0.15, -0.1) is 0 Å². The predicted octanol–water partition coefficient (Wildman–Crippen LogP) is 3.55. The van der Waals surface area contributed by atoms with Crippen LogP contribution in [0.25, 0.3) is 17.0 Å². The number of carbonyl (C=O) groups is 3. The SMILES string of the molecule is CCCCn1cc(/C=C/C(=O)CC(=O)C(=O)OCC)c2ccccc21. The Bertz CT molecular complexity index is 801. The molecule has 0 amide bonds. The lowest BCUT2D eigenvalue weighted by Crippen LogP contribution is -2.19. The van der Waals surface area contributed by atoms with Crippen molar-refractivity contribution in [2.75, 3.05) is 6.61 Å². The maximum Gasteiger partial charge on any atom is 0.375 e. The summed E-state index contributed by atoms with van der Waals surface area (Å²) in [4.78, 5) is 34.8. The summed E-state index contributed by atoms with van der Waals surface area (Å²) >= 11 is 0. The quantitative estimate of drug-likeness (QED) is 0.303. The molecular formula is C20H23NO4. The molecule has 2 aromatic rings. The van der Waals surface area contributed by atoms with Gasteiger partial charge in [0.1, 0.15) is 0 Å². The van der Waals surface area contributed by atoms with E-state index in [4.69, 9.17) is 0 Å². The normalized spacial score (nSPS) is 11.1. The van der Waals surface area contributed by atoms with Gasteiger partial charge in [-0.05, 0) is 31.6 Å². The molecule has 25 heavy (non-hydrogen) atoms. The number of aryl methyl sites for hydroxylation is 1. The molecular weight excluding hydrogens is 318 g/mol. The third-order valence-corrected chi connectivity index (χ3v) is 3.86. The van der Waals surface area contributed by atoms with Gasteiger partial charge in [0.2, 0.25) is 5.78 Å². The topological polar surface area (TPSA) is 65.4 Å². The van der Waals surface area contributed by atoms with Gasteiger partial charge in [0.25, 0.3) is 0 Å². The van der Waals surface area contributed by atoms with Crippen molar-refractivity contribution in [2.24, 2.45) is 0 Å². The van der Waals surface area contributed by atoms with E-state index in [9.17, 15) is 14.4 Å². The first-order valence-electron chi connectivity index (χ1n) is 8.55. The highest BCUT2D eigenvalue weighted by molar-refractivity contribution is 6.37. The second-order valence-corrected chi connectivity index (χ2v) is 5.77. The van der Waals surface area contributed by atoms with Gasteiger partial charge in [0.05, 0.1) is 13.0 Å². The lowest BCUT2D eigenvalue weighted by molar-refractivity contribution is -0.154. The van der Waals surface area contributed by atoms with E-state index < -0.39 is 24.0 Å². The summed E-state index contributed by atoms with van der Waals surface area (Å²) in [5.41, 5.74) is 2.04. The molecule has 0 bridgehead atoms. The number of unbranched alkanes of at least 4 members (excludes halogenated alkanes) is 1. The van der Waals surface area contributed by atoms with Crippen LogP contribution in [-0.2, 0) is 25.7 Å². The molecule has 0 saturated heterocycles. The molecule has 1 aromatic heterocycles. The standard InChI is InChI=1S/C20H23NO4/c1-3-5-12-21-14-15(17-8-6-7-9-18(17)21)10-11-16(22)13-19(23)20(24)25-4-2/h6-11,14H,3-5,12-13H2,1-2H3/b11-10+. The number of benzene rings is 1. The Kier molecular flexibility index (Phi) is 6.69. The third kappa shape index (κ3) is 4.89. The molecule has 1 heterocycles. The van der Waals surface area contributed by atoms with Crippen LogP contribution in [0.4, 0.5) is 0 Å². The smallest absolute Gasteiger partial charge is 0.375 e. The molecule has 0 fully saturated rings. The van der Waals surface area contributed by atoms with Crippen LogP contribution in [0.5, 0.6) is 0 Å². The number of ketones is 2. The van der Waals surface area contributed by atoms with Gasteiger partial charge in [-0.2, -0.15) is 0 Å². The molecule has 0 radical (unpaired) electrons. The van der Waals surface area contributed by atoms with Crippen molar-refractivity contribution in [1.29, 1.82) is 0 Å². The minimum Gasteiger partial charge on any atom is -0.460 e. The van der Waals surface area contributed by atoms with Crippen LogP contribution < -0.4 is 0 Å². The van der Waals surface area contributed by atoms with Crippen molar-refractivity contribution in [3.05, 3.63) is 42.1 Å². The Morgan fingerprint density at radius 3 is 2.64 bits per heavy atom. The van der Waals surface area contributed by atoms with E-state index >= 15 is 0 Å². The fraction of sp³-hybridized carbons (Fsp3) is 0.350. The van der Waals surface area contributed by atoms with Crippen LogP contribution in [0.3, 0.4) is 0 Å². The highest BCUT2D eigenvalue weighted by atomic mass is 16.5. The van der Waals surface area contributed by atoms with E-state index in [2.05, 4.69) is 22.3 Å². The summed E-state index contributed by atoms with van der Waals surface area (Å²) in [6.07, 6.45) is 6.77. The van der Waals surface area contributed by atoms with E-state index in [1.54, 1.807) is 13.0 Å². The first kappa shape index (κ1) is 18.6. The van der Waals surface area contributed by atoms with Crippen LogP contribution in [0.1, 0.15) is 38.7 Å². The highest BCUT2D eigenvalue weighted by Gasteiger charge is 2.17. The molecule has 5 heteroatoms. The van der Waals surface area contributed by atoms with Crippen LogP contribution >= 0.6 is 0 Å². The molecule has 0 aliphatic rings. The molecule has 0 spiro atoms. The summed E-state index contributed by atoms with van der Waals surface area (Å²) in [5, 5.41) is 1.05. The van der Waals surface area contributed by atoms with Crippen molar-refractivity contribution in [2.45, 2.75) is 39.7 Å². The Hall–Kier alpha value is -2.69. The van der Waals surface area contributed by atoms with Gasteiger partial charge in [-0.3, -0.25) is 9.59 Å². The minimum absolute atomic E-state index is 0.117. The average molecular weight is 341 g/mol. The number of fused-ring (bicyclic) bond motifs is 1. The van der Waals surface area contributed by atoms with Gasteiger partial charge in [0, 0.05) is 29.2 Å². The monoisotopic (exact) mass is 341 g/mol. The van der Waals surface area contributed by atoms with E-state index in [1.165, 1.54) is 6.08 Å². The number of nitrogens with zero attached hydrogens (tertiary/aromatic N) is 1. The number of ether oxygens (including phenoxy) is 1. The Balaban J connectivity index is 2.13. The minimum atomic E-state index is -0.958. The number of para-hydroxylation sites is 1. The zero-order valence-corrected chi connectivity index (χ0v) is 14.7. The Morgan fingerprint density at radius 1 is 1.16 bits per heavy atom. The van der Waals surface area contributed by atoms with Crippen molar-refractivity contribution < 1.29 is 19.1 Å². The number of rotatable bonds is 9. The van der Waals surface area contributed by atoms with Crippen LogP contribution in [-0.4, -0.2) is 28.7 Å². The number of hydrogen-bond acceptors (Lipinski definition) is 4. The van der Waals surface area contributed by atoms with E-state index in [0.717, 1.165) is 35.9 Å². The molecule has 132 valence electrons. The van der Waals surface area contributed by atoms with Gasteiger partial charge < -0.3 is 9.30 Å². The van der Waals surface area contributed by atoms with Gasteiger partial charge in [0.15, 0.2) is 5.78 Å². The van der Waals surface area contributed by atoms with E-state index in [1.807, 2.05) is 24.4 Å². The molecule has 0 saturated carbocycles. The number of carbonyl (C=O) groups excluding carboxylic acids is 3. The second-order valence-electron chi connectivity index (χ2n) is 5.77. The first-order chi connectivity index (χ1) is 12.1. The lowest BCUT2D eigenvalue weighted by atomic mass is 10.1. The fourth-order valence-electron chi connectivity index (χ4n) is 2.61. The summed E-state index contributed by atoms with van der Waals surface area (Å²) in [5.74, 6) is -2.19.